The molecule has 2 aromatic rings. The Morgan fingerprint density at radius 2 is 2.00 bits per heavy atom. The first kappa shape index (κ1) is 14.5. The number of nitriles is 1. The van der Waals surface area contributed by atoms with Gasteiger partial charge in [-0.3, -0.25) is 4.79 Å². The summed E-state index contributed by atoms with van der Waals surface area (Å²) in [5, 5.41) is 11.8. The van der Waals surface area contributed by atoms with Crippen molar-refractivity contribution in [3.05, 3.63) is 56.2 Å². The lowest BCUT2D eigenvalue weighted by Gasteiger charge is -2.04. The van der Waals surface area contributed by atoms with Gasteiger partial charge in [0, 0.05) is 10.6 Å². The van der Waals surface area contributed by atoms with Crippen molar-refractivity contribution in [2.24, 2.45) is 0 Å². The van der Waals surface area contributed by atoms with Crippen LogP contribution in [0.2, 0.25) is 0 Å². The maximum absolute atomic E-state index is 12.0. The Labute approximate surface area is 129 Å². The molecule has 0 saturated heterocycles. The van der Waals surface area contributed by atoms with Gasteiger partial charge in [0.1, 0.15) is 11.6 Å². The molecule has 1 aromatic carbocycles. The molecule has 0 fully saturated rings. The van der Waals surface area contributed by atoms with Gasteiger partial charge < -0.3 is 5.32 Å². The van der Waals surface area contributed by atoms with Crippen molar-refractivity contribution in [1.29, 1.82) is 5.26 Å². The molecule has 100 valence electrons. The Hall–Kier alpha value is -1.90. The smallest absolute Gasteiger partial charge is 0.266 e. The van der Waals surface area contributed by atoms with Gasteiger partial charge in [-0.25, -0.2) is 0 Å². The fraction of sp³-hybridized carbons (Fsp3) is 0.0667. The van der Waals surface area contributed by atoms with E-state index in [4.69, 9.17) is 5.26 Å². The largest absolute Gasteiger partial charge is 0.321 e. The molecule has 0 aliphatic heterocycles. The summed E-state index contributed by atoms with van der Waals surface area (Å²) in [4.78, 5) is 12.9. The van der Waals surface area contributed by atoms with Crippen molar-refractivity contribution in [3.63, 3.8) is 0 Å². The molecule has 0 saturated carbocycles. The van der Waals surface area contributed by atoms with E-state index in [2.05, 4.69) is 21.2 Å². The quantitative estimate of drug-likeness (QED) is 0.662. The van der Waals surface area contributed by atoms with Crippen molar-refractivity contribution in [2.75, 3.05) is 5.32 Å². The minimum absolute atomic E-state index is 0.0833. The highest BCUT2D eigenvalue weighted by Crippen LogP contribution is 2.24. The zero-order chi connectivity index (χ0) is 14.5. The highest BCUT2D eigenvalue weighted by atomic mass is 79.9. The van der Waals surface area contributed by atoms with Gasteiger partial charge in [0.2, 0.25) is 0 Å². The Morgan fingerprint density at radius 3 is 2.55 bits per heavy atom. The minimum Gasteiger partial charge on any atom is -0.321 e. The molecular formula is C15H11BrN2OS. The van der Waals surface area contributed by atoms with Crippen LogP contribution in [0.5, 0.6) is 0 Å². The fourth-order valence-electron chi connectivity index (χ4n) is 1.53. The number of rotatable bonds is 3. The first-order valence-electron chi connectivity index (χ1n) is 5.83. The van der Waals surface area contributed by atoms with Crippen LogP contribution in [0.4, 0.5) is 5.69 Å². The third-order valence-corrected chi connectivity index (χ3v) is 4.13. The molecule has 0 aliphatic rings. The number of anilines is 1. The van der Waals surface area contributed by atoms with Crippen LogP contribution in [-0.2, 0) is 4.79 Å². The van der Waals surface area contributed by atoms with Gasteiger partial charge in [0.05, 0.1) is 3.79 Å². The minimum atomic E-state index is -0.402. The number of halogens is 1. The fourth-order valence-corrected chi connectivity index (χ4v) is 2.90. The number of amides is 1. The van der Waals surface area contributed by atoms with Gasteiger partial charge in [-0.05, 0) is 53.2 Å². The van der Waals surface area contributed by atoms with Gasteiger partial charge in [-0.15, -0.1) is 11.3 Å². The van der Waals surface area contributed by atoms with Gasteiger partial charge in [0.15, 0.2) is 0 Å². The monoisotopic (exact) mass is 346 g/mol. The third-order valence-electron chi connectivity index (χ3n) is 2.56. The number of carbonyl (C=O) groups is 1. The second kappa shape index (κ2) is 6.51. The Bertz CT molecular complexity index is 695. The second-order valence-corrected chi connectivity index (χ2v) is 6.63. The van der Waals surface area contributed by atoms with E-state index in [0.717, 1.165) is 14.2 Å². The molecule has 0 spiro atoms. The average molecular weight is 347 g/mol. The lowest BCUT2D eigenvalue weighted by molar-refractivity contribution is -0.112. The van der Waals surface area contributed by atoms with E-state index in [1.54, 1.807) is 6.08 Å². The standard InChI is InChI=1S/C15H11BrN2OS/c1-10-2-4-12(5-3-10)18-15(19)11(9-17)8-13-6-7-14(16)20-13/h2-8H,1H3,(H,18,19). The van der Waals surface area contributed by atoms with Gasteiger partial charge in [0.25, 0.3) is 5.91 Å². The first-order valence-corrected chi connectivity index (χ1v) is 7.44. The number of carbonyl (C=O) groups excluding carboxylic acids is 1. The SMILES string of the molecule is Cc1ccc(NC(=O)C(C#N)=Cc2ccc(Br)s2)cc1. The number of hydrogen-bond donors (Lipinski definition) is 1. The third kappa shape index (κ3) is 3.80. The number of nitrogens with one attached hydrogen (secondary N) is 1. The van der Waals surface area contributed by atoms with Crippen molar-refractivity contribution < 1.29 is 4.79 Å². The Kier molecular flexibility index (Phi) is 4.72. The molecule has 0 atom stereocenters. The van der Waals surface area contributed by atoms with Crippen LogP contribution in [0.3, 0.4) is 0 Å². The van der Waals surface area contributed by atoms with E-state index >= 15 is 0 Å². The number of aryl methyl sites for hydroxylation is 1. The molecule has 0 radical (unpaired) electrons. The van der Waals surface area contributed by atoms with Gasteiger partial charge in [-0.2, -0.15) is 5.26 Å². The van der Waals surface area contributed by atoms with Crippen LogP contribution < -0.4 is 5.32 Å². The van der Waals surface area contributed by atoms with E-state index in [0.29, 0.717) is 5.69 Å². The number of benzene rings is 1. The van der Waals surface area contributed by atoms with Crippen molar-refractivity contribution in [3.8, 4) is 6.07 Å². The van der Waals surface area contributed by atoms with Crippen molar-refractivity contribution in [2.45, 2.75) is 6.92 Å². The van der Waals surface area contributed by atoms with E-state index in [-0.39, 0.29) is 5.57 Å². The van der Waals surface area contributed by atoms with E-state index in [1.807, 2.05) is 49.4 Å². The molecule has 3 nitrogen and oxygen atoms in total. The number of nitrogens with zero attached hydrogens (tertiary/aromatic N) is 1. The molecule has 1 aromatic heterocycles. The molecule has 0 bridgehead atoms. The van der Waals surface area contributed by atoms with Crippen molar-refractivity contribution in [1.82, 2.24) is 0 Å². The van der Waals surface area contributed by atoms with Gasteiger partial charge >= 0.3 is 0 Å². The normalized spacial score (nSPS) is 10.9. The predicted octanol–water partition coefficient (Wildman–Crippen LogP) is 4.36. The summed E-state index contributed by atoms with van der Waals surface area (Å²) in [6, 6.07) is 13.1. The molecular weight excluding hydrogens is 336 g/mol. The molecule has 0 aliphatic carbocycles. The molecule has 1 N–H and O–H groups in total. The molecule has 1 amide bonds. The second-order valence-electron chi connectivity index (χ2n) is 4.13. The lowest BCUT2D eigenvalue weighted by Crippen LogP contribution is -2.13. The van der Waals surface area contributed by atoms with Crippen LogP contribution >= 0.6 is 27.3 Å². The van der Waals surface area contributed by atoms with Crippen molar-refractivity contribution >= 4 is 44.9 Å². The topological polar surface area (TPSA) is 52.9 Å². The van der Waals surface area contributed by atoms with E-state index in [1.165, 1.54) is 11.3 Å². The molecule has 2 rings (SSSR count). The van der Waals surface area contributed by atoms with E-state index < -0.39 is 5.91 Å². The van der Waals surface area contributed by atoms with Crippen LogP contribution in [0, 0.1) is 18.3 Å². The number of hydrogen-bond acceptors (Lipinski definition) is 3. The van der Waals surface area contributed by atoms with Crippen LogP contribution in [0.15, 0.2) is 45.8 Å². The van der Waals surface area contributed by atoms with Crippen LogP contribution in [0.25, 0.3) is 6.08 Å². The summed E-state index contributed by atoms with van der Waals surface area (Å²) < 4.78 is 0.958. The summed E-state index contributed by atoms with van der Waals surface area (Å²) in [6.45, 7) is 1.97. The molecule has 5 heteroatoms. The summed E-state index contributed by atoms with van der Waals surface area (Å²) in [6.07, 6.45) is 1.58. The molecule has 0 unspecified atom stereocenters. The Morgan fingerprint density at radius 1 is 1.30 bits per heavy atom. The zero-order valence-corrected chi connectivity index (χ0v) is 13.1. The lowest BCUT2D eigenvalue weighted by atomic mass is 10.2. The van der Waals surface area contributed by atoms with Crippen LogP contribution in [0.1, 0.15) is 10.4 Å². The summed E-state index contributed by atoms with van der Waals surface area (Å²) >= 11 is 4.81. The molecule has 20 heavy (non-hydrogen) atoms. The summed E-state index contributed by atoms with van der Waals surface area (Å²) in [5.41, 5.74) is 1.87. The van der Waals surface area contributed by atoms with Crippen LogP contribution in [-0.4, -0.2) is 5.91 Å². The predicted molar refractivity (Wildman–Crippen MR) is 85.4 cm³/mol. The average Bonchev–Trinajstić information content (AvgIpc) is 2.84. The molecule has 1 heterocycles. The van der Waals surface area contributed by atoms with Gasteiger partial charge in [-0.1, -0.05) is 17.7 Å². The Balaban J connectivity index is 2.16. The first-order chi connectivity index (χ1) is 9.58. The maximum atomic E-state index is 12.0. The summed E-state index contributed by atoms with van der Waals surface area (Å²) in [5.74, 6) is -0.402. The summed E-state index contributed by atoms with van der Waals surface area (Å²) in [7, 11) is 0. The maximum Gasteiger partial charge on any atom is 0.266 e. The zero-order valence-electron chi connectivity index (χ0n) is 10.7. The van der Waals surface area contributed by atoms with E-state index in [9.17, 15) is 4.79 Å². The highest BCUT2D eigenvalue weighted by molar-refractivity contribution is 9.11. The number of thiophene rings is 1. The highest BCUT2D eigenvalue weighted by Gasteiger charge is 2.10.